The molecule has 1 unspecified atom stereocenters. The first-order chi connectivity index (χ1) is 13.7. The SMILES string of the molecule is CCCCC1Cc2cc(OC)ccc2-c2c(/C=N/O)c3ccc(OC)cc3n21. The third kappa shape index (κ3) is 2.91. The van der Waals surface area contributed by atoms with Gasteiger partial charge in [-0.2, -0.15) is 0 Å². The Bertz CT molecular complexity index is 1040. The lowest BCUT2D eigenvalue weighted by atomic mass is 9.90. The van der Waals surface area contributed by atoms with Crippen LogP contribution in [0, 0.1) is 0 Å². The monoisotopic (exact) mass is 378 g/mol. The summed E-state index contributed by atoms with van der Waals surface area (Å²) in [7, 11) is 3.39. The van der Waals surface area contributed by atoms with Gasteiger partial charge in [-0.3, -0.25) is 0 Å². The minimum Gasteiger partial charge on any atom is -0.497 e. The van der Waals surface area contributed by atoms with Crippen molar-refractivity contribution in [2.24, 2.45) is 5.16 Å². The maximum Gasteiger partial charge on any atom is 0.120 e. The molecule has 1 N–H and O–H groups in total. The van der Waals surface area contributed by atoms with Crippen LogP contribution < -0.4 is 9.47 Å². The second kappa shape index (κ2) is 7.58. The van der Waals surface area contributed by atoms with Crippen molar-refractivity contribution in [2.75, 3.05) is 14.2 Å². The summed E-state index contributed by atoms with van der Waals surface area (Å²) in [5.41, 5.74) is 5.60. The predicted molar refractivity (Wildman–Crippen MR) is 112 cm³/mol. The average molecular weight is 378 g/mol. The summed E-state index contributed by atoms with van der Waals surface area (Å²) in [5, 5.41) is 13.8. The molecule has 0 aliphatic carbocycles. The number of benzene rings is 2. The summed E-state index contributed by atoms with van der Waals surface area (Å²) in [5.74, 6) is 1.70. The lowest BCUT2D eigenvalue weighted by Gasteiger charge is -2.30. The van der Waals surface area contributed by atoms with Crippen LogP contribution in [0.5, 0.6) is 11.5 Å². The van der Waals surface area contributed by atoms with Crippen LogP contribution in [0.2, 0.25) is 0 Å². The molecule has 0 saturated carbocycles. The number of nitrogens with zero attached hydrogens (tertiary/aromatic N) is 2. The van der Waals surface area contributed by atoms with Crippen molar-refractivity contribution in [1.29, 1.82) is 0 Å². The summed E-state index contributed by atoms with van der Waals surface area (Å²) >= 11 is 0. The van der Waals surface area contributed by atoms with E-state index in [-0.39, 0.29) is 0 Å². The van der Waals surface area contributed by atoms with E-state index in [1.807, 2.05) is 12.1 Å². The average Bonchev–Trinajstić information content (AvgIpc) is 3.05. The molecule has 3 aromatic rings. The second-order valence-corrected chi connectivity index (χ2v) is 7.28. The molecule has 5 nitrogen and oxygen atoms in total. The minimum absolute atomic E-state index is 0.338. The normalized spacial score (nSPS) is 15.6. The fraction of sp³-hybridized carbons (Fsp3) is 0.348. The minimum atomic E-state index is 0.338. The maximum absolute atomic E-state index is 9.35. The number of fused-ring (bicyclic) bond motifs is 5. The quantitative estimate of drug-likeness (QED) is 0.354. The van der Waals surface area contributed by atoms with Gasteiger partial charge in [-0.25, -0.2) is 0 Å². The van der Waals surface area contributed by atoms with Crippen molar-refractivity contribution < 1.29 is 14.7 Å². The van der Waals surface area contributed by atoms with Crippen LogP contribution >= 0.6 is 0 Å². The van der Waals surface area contributed by atoms with Crippen molar-refractivity contribution in [1.82, 2.24) is 4.57 Å². The lowest BCUT2D eigenvalue weighted by molar-refractivity contribution is 0.322. The Labute approximate surface area is 165 Å². The van der Waals surface area contributed by atoms with Gasteiger partial charge < -0.3 is 19.2 Å². The van der Waals surface area contributed by atoms with Crippen LogP contribution in [0.3, 0.4) is 0 Å². The van der Waals surface area contributed by atoms with Crippen LogP contribution in [0.1, 0.15) is 43.4 Å². The number of methoxy groups -OCH3 is 2. The Morgan fingerprint density at radius 1 is 1.14 bits per heavy atom. The third-order valence-corrected chi connectivity index (χ3v) is 5.72. The Hall–Kier alpha value is -2.95. The van der Waals surface area contributed by atoms with Gasteiger partial charge in [0.15, 0.2) is 0 Å². The van der Waals surface area contributed by atoms with E-state index in [1.165, 1.54) is 11.1 Å². The zero-order valence-corrected chi connectivity index (χ0v) is 16.6. The molecule has 4 rings (SSSR count). The molecule has 5 heteroatoms. The zero-order chi connectivity index (χ0) is 19.7. The van der Waals surface area contributed by atoms with E-state index in [0.29, 0.717) is 6.04 Å². The van der Waals surface area contributed by atoms with Gasteiger partial charge in [-0.15, -0.1) is 0 Å². The summed E-state index contributed by atoms with van der Waals surface area (Å²) < 4.78 is 13.4. The number of unbranched alkanes of at least 4 members (excludes halogenated alkanes) is 1. The van der Waals surface area contributed by atoms with Crippen molar-refractivity contribution in [2.45, 2.75) is 38.6 Å². The van der Waals surface area contributed by atoms with Crippen molar-refractivity contribution in [3.63, 3.8) is 0 Å². The molecule has 1 atom stereocenters. The van der Waals surface area contributed by atoms with Crippen molar-refractivity contribution >= 4 is 17.1 Å². The van der Waals surface area contributed by atoms with E-state index in [2.05, 4.69) is 40.9 Å². The number of aromatic nitrogens is 1. The summed E-state index contributed by atoms with van der Waals surface area (Å²) in [4.78, 5) is 0. The van der Waals surface area contributed by atoms with Gasteiger partial charge in [0.05, 0.1) is 31.6 Å². The molecular formula is C23H26N2O3. The molecule has 146 valence electrons. The number of rotatable bonds is 6. The largest absolute Gasteiger partial charge is 0.497 e. The van der Waals surface area contributed by atoms with E-state index in [0.717, 1.165) is 59.3 Å². The molecule has 1 aliphatic rings. The van der Waals surface area contributed by atoms with Crippen LogP contribution in [0.15, 0.2) is 41.6 Å². The molecule has 0 amide bonds. The van der Waals surface area contributed by atoms with Gasteiger partial charge in [0, 0.05) is 28.6 Å². The van der Waals surface area contributed by atoms with Crippen LogP contribution in [0.4, 0.5) is 0 Å². The number of hydrogen-bond acceptors (Lipinski definition) is 4. The summed E-state index contributed by atoms with van der Waals surface area (Å²) in [6.07, 6.45) is 5.92. The zero-order valence-electron chi connectivity index (χ0n) is 16.6. The van der Waals surface area contributed by atoms with E-state index in [9.17, 15) is 5.21 Å². The Morgan fingerprint density at radius 2 is 1.89 bits per heavy atom. The highest BCUT2D eigenvalue weighted by Crippen LogP contribution is 2.45. The topological polar surface area (TPSA) is 56.0 Å². The van der Waals surface area contributed by atoms with Crippen LogP contribution in [-0.2, 0) is 6.42 Å². The molecule has 0 spiro atoms. The fourth-order valence-electron chi connectivity index (χ4n) is 4.40. The van der Waals surface area contributed by atoms with Gasteiger partial charge in [0.2, 0.25) is 0 Å². The van der Waals surface area contributed by atoms with E-state index < -0.39 is 0 Å². The third-order valence-electron chi connectivity index (χ3n) is 5.72. The first-order valence-electron chi connectivity index (χ1n) is 9.78. The summed E-state index contributed by atoms with van der Waals surface area (Å²) in [6, 6.07) is 12.7. The fourth-order valence-corrected chi connectivity index (χ4v) is 4.40. The van der Waals surface area contributed by atoms with Crippen molar-refractivity contribution in [3.8, 4) is 22.8 Å². The lowest BCUT2D eigenvalue weighted by Crippen LogP contribution is -2.19. The molecular weight excluding hydrogens is 352 g/mol. The van der Waals surface area contributed by atoms with Gasteiger partial charge >= 0.3 is 0 Å². The highest BCUT2D eigenvalue weighted by Gasteiger charge is 2.29. The van der Waals surface area contributed by atoms with Gasteiger partial charge in [-0.1, -0.05) is 24.9 Å². The van der Waals surface area contributed by atoms with E-state index in [1.54, 1.807) is 20.4 Å². The van der Waals surface area contributed by atoms with Gasteiger partial charge in [0.1, 0.15) is 11.5 Å². The number of ether oxygens (including phenoxy) is 2. The highest BCUT2D eigenvalue weighted by atomic mass is 16.5. The van der Waals surface area contributed by atoms with E-state index in [4.69, 9.17) is 9.47 Å². The smallest absolute Gasteiger partial charge is 0.120 e. The molecule has 0 bridgehead atoms. The maximum atomic E-state index is 9.35. The van der Waals surface area contributed by atoms with Crippen LogP contribution in [-0.4, -0.2) is 30.2 Å². The van der Waals surface area contributed by atoms with Crippen LogP contribution in [0.25, 0.3) is 22.2 Å². The van der Waals surface area contributed by atoms with Crippen molar-refractivity contribution in [3.05, 3.63) is 47.5 Å². The number of oxime groups is 1. The Kier molecular flexibility index (Phi) is 4.99. The number of hydrogen-bond donors (Lipinski definition) is 1. The molecule has 28 heavy (non-hydrogen) atoms. The molecule has 1 aliphatic heterocycles. The Balaban J connectivity index is 2.04. The molecule has 1 aromatic heterocycles. The first-order valence-corrected chi connectivity index (χ1v) is 9.78. The predicted octanol–water partition coefficient (Wildman–Crippen LogP) is 5.42. The Morgan fingerprint density at radius 3 is 2.61 bits per heavy atom. The summed E-state index contributed by atoms with van der Waals surface area (Å²) in [6.45, 7) is 2.22. The second-order valence-electron chi connectivity index (χ2n) is 7.28. The molecule has 0 fully saturated rings. The molecule has 0 radical (unpaired) electrons. The first kappa shape index (κ1) is 18.4. The van der Waals surface area contributed by atoms with E-state index >= 15 is 0 Å². The standard InChI is InChI=1S/C23H26N2O3/c1-4-5-6-16-11-15-12-17(27-2)7-9-19(15)23-21(14-24-26)20-10-8-18(28-3)13-22(20)25(16)23/h7-10,12-14,16,26H,4-6,11H2,1-3H3/b24-14+. The van der Waals surface area contributed by atoms with Gasteiger partial charge in [0.25, 0.3) is 0 Å². The molecule has 2 aromatic carbocycles. The highest BCUT2D eigenvalue weighted by molar-refractivity contribution is 6.07. The van der Waals surface area contributed by atoms with Gasteiger partial charge in [-0.05, 0) is 48.7 Å². The molecule has 2 heterocycles. The molecule has 0 saturated heterocycles.